The highest BCUT2D eigenvalue weighted by Gasteiger charge is 1.96. The first-order chi connectivity index (χ1) is 5.74. The minimum absolute atomic E-state index is 0.391. The summed E-state index contributed by atoms with van der Waals surface area (Å²) in [6.45, 7) is 0.391. The van der Waals surface area contributed by atoms with Crippen molar-refractivity contribution in [1.29, 1.82) is 0 Å². The monoisotopic (exact) mass is 289 g/mol. The molecule has 0 aromatic heterocycles. The van der Waals surface area contributed by atoms with Crippen LogP contribution in [-0.2, 0) is 6.54 Å². The average Bonchev–Trinajstić information content (AvgIpc) is 2.07. The van der Waals surface area contributed by atoms with Gasteiger partial charge in [0.05, 0.1) is 6.54 Å². The van der Waals surface area contributed by atoms with E-state index < -0.39 is 0 Å². The number of hydrogen-bond donors (Lipinski definition) is 0. The maximum atomic E-state index is 8.09. The van der Waals surface area contributed by atoms with Crippen LogP contribution >= 0.6 is 31.9 Å². The average molecular weight is 291 g/mol. The second kappa shape index (κ2) is 4.50. The zero-order chi connectivity index (χ0) is 8.97. The number of hydrogen-bond acceptors (Lipinski definition) is 1. The molecule has 5 heteroatoms. The van der Waals surface area contributed by atoms with Gasteiger partial charge in [0, 0.05) is 13.9 Å². The molecule has 0 spiro atoms. The standard InChI is InChI=1S/C7H5Br2N3/c8-6-2-1-5(3-7(6)9)4-11-12-10/h1-3H,4H2. The first-order valence-corrected chi connectivity index (χ1v) is 4.77. The van der Waals surface area contributed by atoms with Crippen molar-refractivity contribution >= 4 is 31.9 Å². The van der Waals surface area contributed by atoms with E-state index in [1.165, 1.54) is 0 Å². The van der Waals surface area contributed by atoms with Gasteiger partial charge in [0.2, 0.25) is 0 Å². The van der Waals surface area contributed by atoms with Gasteiger partial charge in [-0.2, -0.15) is 0 Å². The zero-order valence-corrected chi connectivity index (χ0v) is 9.21. The van der Waals surface area contributed by atoms with Crippen molar-refractivity contribution in [2.24, 2.45) is 5.11 Å². The van der Waals surface area contributed by atoms with Crippen molar-refractivity contribution in [3.05, 3.63) is 43.2 Å². The Morgan fingerprint density at radius 1 is 1.33 bits per heavy atom. The van der Waals surface area contributed by atoms with Gasteiger partial charge in [-0.1, -0.05) is 11.2 Å². The molecule has 0 amide bonds. The summed E-state index contributed by atoms with van der Waals surface area (Å²) in [5.74, 6) is 0. The minimum atomic E-state index is 0.391. The molecular formula is C7H5Br2N3. The summed E-state index contributed by atoms with van der Waals surface area (Å²) >= 11 is 6.70. The largest absolute Gasteiger partial charge is 0.0893 e. The molecule has 0 heterocycles. The lowest BCUT2D eigenvalue weighted by atomic mass is 10.2. The Bertz CT molecular complexity index is 331. The van der Waals surface area contributed by atoms with E-state index in [0.29, 0.717) is 6.54 Å². The third-order valence-corrected chi connectivity index (χ3v) is 3.18. The van der Waals surface area contributed by atoms with Crippen LogP contribution in [0.2, 0.25) is 0 Å². The Balaban J connectivity index is 2.89. The molecule has 0 atom stereocenters. The first kappa shape index (κ1) is 9.58. The molecule has 0 saturated carbocycles. The fourth-order valence-electron chi connectivity index (χ4n) is 0.751. The number of azide groups is 1. The third kappa shape index (κ3) is 2.52. The van der Waals surface area contributed by atoms with Crippen molar-refractivity contribution in [3.63, 3.8) is 0 Å². The molecule has 1 aromatic carbocycles. The molecule has 0 aliphatic carbocycles. The molecule has 0 bridgehead atoms. The number of halogens is 2. The summed E-state index contributed by atoms with van der Waals surface area (Å²) in [5.41, 5.74) is 9.08. The van der Waals surface area contributed by atoms with Crippen molar-refractivity contribution in [3.8, 4) is 0 Å². The molecule has 0 radical (unpaired) electrons. The van der Waals surface area contributed by atoms with Crippen LogP contribution in [0.5, 0.6) is 0 Å². The Labute approximate surface area is 86.7 Å². The Morgan fingerprint density at radius 3 is 2.67 bits per heavy atom. The molecule has 0 unspecified atom stereocenters. The predicted molar refractivity (Wildman–Crippen MR) is 54.7 cm³/mol. The number of benzene rings is 1. The predicted octanol–water partition coefficient (Wildman–Crippen LogP) is 4.02. The molecule has 12 heavy (non-hydrogen) atoms. The lowest BCUT2D eigenvalue weighted by molar-refractivity contribution is 1.04. The SMILES string of the molecule is [N-]=[N+]=NCc1ccc(Br)c(Br)c1. The molecule has 0 aliphatic heterocycles. The normalized spacial score (nSPS) is 9.17. The van der Waals surface area contributed by atoms with Gasteiger partial charge in [-0.3, -0.25) is 0 Å². The molecule has 62 valence electrons. The summed E-state index contributed by atoms with van der Waals surface area (Å²) in [7, 11) is 0. The van der Waals surface area contributed by atoms with Crippen LogP contribution in [0.3, 0.4) is 0 Å². The number of nitrogens with zero attached hydrogens (tertiary/aromatic N) is 3. The maximum absolute atomic E-state index is 8.09. The van der Waals surface area contributed by atoms with Gasteiger partial charge < -0.3 is 0 Å². The topological polar surface area (TPSA) is 48.8 Å². The lowest BCUT2D eigenvalue weighted by Gasteiger charge is -1.98. The molecule has 3 nitrogen and oxygen atoms in total. The van der Waals surface area contributed by atoms with E-state index in [-0.39, 0.29) is 0 Å². The molecule has 0 aliphatic rings. The minimum Gasteiger partial charge on any atom is -0.0893 e. The zero-order valence-electron chi connectivity index (χ0n) is 6.04. The van der Waals surface area contributed by atoms with E-state index in [9.17, 15) is 0 Å². The molecule has 0 fully saturated rings. The van der Waals surface area contributed by atoms with Crippen LogP contribution in [0, 0.1) is 0 Å². The van der Waals surface area contributed by atoms with Crippen LogP contribution < -0.4 is 0 Å². The summed E-state index contributed by atoms with van der Waals surface area (Å²) in [5, 5.41) is 3.46. The number of rotatable bonds is 2. The molecule has 1 rings (SSSR count). The second-order valence-electron chi connectivity index (χ2n) is 2.14. The van der Waals surface area contributed by atoms with E-state index in [0.717, 1.165) is 14.5 Å². The van der Waals surface area contributed by atoms with Crippen LogP contribution in [0.25, 0.3) is 10.4 Å². The third-order valence-electron chi connectivity index (χ3n) is 1.30. The van der Waals surface area contributed by atoms with Gasteiger partial charge in [0.25, 0.3) is 0 Å². The Morgan fingerprint density at radius 2 is 2.08 bits per heavy atom. The Hall–Kier alpha value is -0.510. The molecule has 0 saturated heterocycles. The van der Waals surface area contributed by atoms with Gasteiger partial charge in [-0.15, -0.1) is 0 Å². The fourth-order valence-corrected chi connectivity index (χ4v) is 1.42. The molecule has 0 N–H and O–H groups in total. The van der Waals surface area contributed by atoms with Crippen LogP contribution in [0.1, 0.15) is 5.56 Å². The van der Waals surface area contributed by atoms with Crippen LogP contribution in [0.4, 0.5) is 0 Å². The van der Waals surface area contributed by atoms with Crippen molar-refractivity contribution in [1.82, 2.24) is 0 Å². The van der Waals surface area contributed by atoms with E-state index in [1.807, 2.05) is 18.2 Å². The second-order valence-corrected chi connectivity index (χ2v) is 3.85. The van der Waals surface area contributed by atoms with Crippen LogP contribution in [0.15, 0.2) is 32.3 Å². The van der Waals surface area contributed by atoms with E-state index in [1.54, 1.807) is 0 Å². The van der Waals surface area contributed by atoms with Gasteiger partial charge >= 0.3 is 0 Å². The van der Waals surface area contributed by atoms with Gasteiger partial charge in [0.15, 0.2) is 0 Å². The van der Waals surface area contributed by atoms with E-state index in [2.05, 4.69) is 41.9 Å². The van der Waals surface area contributed by atoms with Gasteiger partial charge in [0.1, 0.15) is 0 Å². The van der Waals surface area contributed by atoms with Gasteiger partial charge in [-0.05, 0) is 55.1 Å². The molecule has 1 aromatic rings. The summed E-state index contributed by atoms with van der Waals surface area (Å²) in [4.78, 5) is 2.68. The smallest absolute Gasteiger partial charge is 0.0511 e. The highest BCUT2D eigenvalue weighted by molar-refractivity contribution is 9.13. The fraction of sp³-hybridized carbons (Fsp3) is 0.143. The highest BCUT2D eigenvalue weighted by Crippen LogP contribution is 2.23. The maximum Gasteiger partial charge on any atom is 0.0511 e. The van der Waals surface area contributed by atoms with Gasteiger partial charge in [-0.25, -0.2) is 0 Å². The highest BCUT2D eigenvalue weighted by atomic mass is 79.9. The summed E-state index contributed by atoms with van der Waals surface area (Å²) in [6, 6.07) is 5.73. The van der Waals surface area contributed by atoms with E-state index in [4.69, 9.17) is 5.53 Å². The quantitative estimate of drug-likeness (QED) is 0.449. The van der Waals surface area contributed by atoms with E-state index >= 15 is 0 Å². The first-order valence-electron chi connectivity index (χ1n) is 3.19. The van der Waals surface area contributed by atoms with Crippen molar-refractivity contribution in [2.75, 3.05) is 0 Å². The van der Waals surface area contributed by atoms with Crippen molar-refractivity contribution in [2.45, 2.75) is 6.54 Å². The van der Waals surface area contributed by atoms with Crippen molar-refractivity contribution < 1.29 is 0 Å². The van der Waals surface area contributed by atoms with Crippen LogP contribution in [-0.4, -0.2) is 0 Å². The molecular weight excluding hydrogens is 286 g/mol. The summed E-state index contributed by atoms with van der Waals surface area (Å²) in [6.07, 6.45) is 0. The summed E-state index contributed by atoms with van der Waals surface area (Å²) < 4.78 is 1.96. The Kier molecular flexibility index (Phi) is 3.59. The lowest BCUT2D eigenvalue weighted by Crippen LogP contribution is -1.80.